The van der Waals surface area contributed by atoms with Crippen LogP contribution in [0, 0.1) is 5.82 Å². The van der Waals surface area contributed by atoms with Crippen molar-refractivity contribution < 1.29 is 31.9 Å². The van der Waals surface area contributed by atoms with Crippen molar-refractivity contribution in [3.05, 3.63) is 48.3 Å². The Labute approximate surface area is 178 Å². The molecule has 2 aliphatic rings. The molecular weight excluding hydrogens is 429 g/mol. The van der Waals surface area contributed by atoms with Crippen LogP contribution in [-0.4, -0.2) is 64.0 Å². The third-order valence-corrected chi connectivity index (χ3v) is 6.79. The van der Waals surface area contributed by atoms with E-state index in [9.17, 15) is 22.4 Å². The Morgan fingerprint density at radius 3 is 2.65 bits per heavy atom. The van der Waals surface area contributed by atoms with Crippen LogP contribution >= 0.6 is 0 Å². The predicted molar refractivity (Wildman–Crippen MR) is 109 cm³/mol. The summed E-state index contributed by atoms with van der Waals surface area (Å²) in [6, 6.07) is 9.56. The molecule has 1 N–H and O–H groups in total. The first kappa shape index (κ1) is 21.2. The standard InChI is InChI=1S/C20H20FN3O6S/c21-14-2-1-3-15(10-14)22-19(25)12-24-17-11-16(4-5-18(17)30-13-20(24)26)31(27,28)23-6-8-29-9-7-23/h1-5,10-11H,6-9,12-13H2,(H,22,25). The third kappa shape index (κ3) is 4.53. The van der Waals surface area contributed by atoms with Gasteiger partial charge in [-0.25, -0.2) is 12.8 Å². The van der Waals surface area contributed by atoms with Crippen LogP contribution in [0.3, 0.4) is 0 Å². The Hall–Kier alpha value is -3.02. The Kier molecular flexibility index (Phi) is 5.90. The fourth-order valence-electron chi connectivity index (χ4n) is 3.36. The number of nitrogens with one attached hydrogen (secondary N) is 1. The van der Waals surface area contributed by atoms with Crippen molar-refractivity contribution in [2.75, 3.05) is 49.7 Å². The van der Waals surface area contributed by atoms with E-state index >= 15 is 0 Å². The number of morpholine rings is 1. The van der Waals surface area contributed by atoms with Crippen molar-refractivity contribution in [3.63, 3.8) is 0 Å². The van der Waals surface area contributed by atoms with Crippen molar-refractivity contribution >= 4 is 33.2 Å². The average Bonchev–Trinajstić information content (AvgIpc) is 2.76. The molecule has 1 fully saturated rings. The van der Waals surface area contributed by atoms with Crippen molar-refractivity contribution in [1.29, 1.82) is 0 Å². The third-order valence-electron chi connectivity index (χ3n) is 4.89. The number of ether oxygens (including phenoxy) is 2. The lowest BCUT2D eigenvalue weighted by Gasteiger charge is -2.30. The van der Waals surface area contributed by atoms with E-state index < -0.39 is 27.7 Å². The summed E-state index contributed by atoms with van der Waals surface area (Å²) < 4.78 is 51.2. The molecule has 0 aromatic heterocycles. The first-order valence-electron chi connectivity index (χ1n) is 9.55. The zero-order valence-corrected chi connectivity index (χ0v) is 17.2. The topological polar surface area (TPSA) is 105 Å². The van der Waals surface area contributed by atoms with E-state index in [2.05, 4.69) is 5.32 Å². The van der Waals surface area contributed by atoms with Crippen LogP contribution < -0.4 is 15.0 Å². The number of hydrogen-bond acceptors (Lipinski definition) is 6. The highest BCUT2D eigenvalue weighted by Gasteiger charge is 2.32. The maximum Gasteiger partial charge on any atom is 0.265 e. The molecule has 0 unspecified atom stereocenters. The Morgan fingerprint density at radius 1 is 1.13 bits per heavy atom. The summed E-state index contributed by atoms with van der Waals surface area (Å²) in [5, 5.41) is 2.52. The zero-order valence-electron chi connectivity index (χ0n) is 16.4. The van der Waals surface area contributed by atoms with E-state index in [1.54, 1.807) is 0 Å². The van der Waals surface area contributed by atoms with Crippen molar-refractivity contribution in [2.45, 2.75) is 4.90 Å². The van der Waals surface area contributed by atoms with Gasteiger partial charge in [0.05, 0.1) is 23.8 Å². The molecule has 0 aliphatic carbocycles. The van der Waals surface area contributed by atoms with Gasteiger partial charge in [0.15, 0.2) is 6.61 Å². The quantitative estimate of drug-likeness (QED) is 0.736. The average molecular weight is 449 g/mol. The minimum Gasteiger partial charge on any atom is -0.482 e. The van der Waals surface area contributed by atoms with Crippen molar-refractivity contribution in [2.24, 2.45) is 0 Å². The molecular formula is C20H20FN3O6S. The van der Waals surface area contributed by atoms with Gasteiger partial charge in [-0.1, -0.05) is 6.07 Å². The molecule has 4 rings (SSSR count). The lowest BCUT2D eigenvalue weighted by molar-refractivity contribution is -0.123. The van der Waals surface area contributed by atoms with Gasteiger partial charge in [-0.15, -0.1) is 0 Å². The summed E-state index contributed by atoms with van der Waals surface area (Å²) in [6.07, 6.45) is 0. The van der Waals surface area contributed by atoms with Gasteiger partial charge in [0.25, 0.3) is 5.91 Å². The summed E-state index contributed by atoms with van der Waals surface area (Å²) in [6.45, 7) is 0.405. The molecule has 0 spiro atoms. The van der Waals surface area contributed by atoms with Crippen LogP contribution in [0.15, 0.2) is 47.4 Å². The molecule has 0 radical (unpaired) electrons. The highest BCUT2D eigenvalue weighted by molar-refractivity contribution is 7.89. The number of benzene rings is 2. The van der Waals surface area contributed by atoms with E-state index in [0.29, 0.717) is 19.0 Å². The van der Waals surface area contributed by atoms with Gasteiger partial charge in [0, 0.05) is 18.8 Å². The lowest BCUT2D eigenvalue weighted by Crippen LogP contribution is -2.44. The summed E-state index contributed by atoms with van der Waals surface area (Å²) in [4.78, 5) is 26.1. The fourth-order valence-corrected chi connectivity index (χ4v) is 4.79. The summed E-state index contributed by atoms with van der Waals surface area (Å²) in [7, 11) is -3.80. The molecule has 1 saturated heterocycles. The summed E-state index contributed by atoms with van der Waals surface area (Å²) >= 11 is 0. The Bertz CT molecular complexity index is 1120. The second kappa shape index (κ2) is 8.61. The number of anilines is 2. The van der Waals surface area contributed by atoms with Crippen LogP contribution in [0.5, 0.6) is 5.75 Å². The van der Waals surface area contributed by atoms with E-state index in [0.717, 1.165) is 11.0 Å². The van der Waals surface area contributed by atoms with Crippen molar-refractivity contribution in [1.82, 2.24) is 4.31 Å². The Morgan fingerprint density at radius 2 is 1.90 bits per heavy atom. The fraction of sp³-hybridized carbons (Fsp3) is 0.300. The molecule has 0 bridgehead atoms. The second-order valence-corrected chi connectivity index (χ2v) is 8.91. The van der Waals surface area contributed by atoms with E-state index in [4.69, 9.17) is 9.47 Å². The largest absolute Gasteiger partial charge is 0.482 e. The minimum absolute atomic E-state index is 0.0120. The highest BCUT2D eigenvalue weighted by atomic mass is 32.2. The maximum atomic E-state index is 13.3. The number of nitrogens with zero attached hydrogens (tertiary/aromatic N) is 2. The van der Waals surface area contributed by atoms with Gasteiger partial charge < -0.3 is 14.8 Å². The number of fused-ring (bicyclic) bond motifs is 1. The number of carbonyl (C=O) groups excluding carboxylic acids is 2. The van der Waals surface area contributed by atoms with Crippen LogP contribution in [0.1, 0.15) is 0 Å². The zero-order chi connectivity index (χ0) is 22.0. The molecule has 11 heteroatoms. The first-order valence-corrected chi connectivity index (χ1v) is 11.0. The highest BCUT2D eigenvalue weighted by Crippen LogP contribution is 2.35. The maximum absolute atomic E-state index is 13.3. The van der Waals surface area contributed by atoms with Gasteiger partial charge in [-0.2, -0.15) is 4.31 Å². The van der Waals surface area contributed by atoms with Crippen LogP contribution in [0.2, 0.25) is 0 Å². The SMILES string of the molecule is O=C(CN1C(=O)COc2ccc(S(=O)(=O)N3CCOCC3)cc21)Nc1cccc(F)c1. The number of sulfonamides is 1. The molecule has 2 aromatic carbocycles. The van der Waals surface area contributed by atoms with E-state index in [1.807, 2.05) is 0 Å². The molecule has 31 heavy (non-hydrogen) atoms. The lowest BCUT2D eigenvalue weighted by atomic mass is 10.2. The van der Waals surface area contributed by atoms with Gasteiger partial charge in [0.2, 0.25) is 15.9 Å². The number of halogens is 1. The molecule has 0 atom stereocenters. The monoisotopic (exact) mass is 449 g/mol. The first-order chi connectivity index (χ1) is 14.8. The van der Waals surface area contributed by atoms with Gasteiger partial charge in [0.1, 0.15) is 18.1 Å². The number of rotatable bonds is 5. The number of carbonyl (C=O) groups is 2. The van der Waals surface area contributed by atoms with E-state index in [-0.39, 0.29) is 42.5 Å². The molecule has 2 amide bonds. The molecule has 2 aromatic rings. The smallest absolute Gasteiger partial charge is 0.265 e. The molecule has 0 saturated carbocycles. The van der Waals surface area contributed by atoms with Crippen LogP contribution in [0.25, 0.3) is 0 Å². The number of hydrogen-bond donors (Lipinski definition) is 1. The number of amides is 2. The minimum atomic E-state index is -3.80. The van der Waals surface area contributed by atoms with E-state index in [1.165, 1.54) is 40.7 Å². The summed E-state index contributed by atoms with van der Waals surface area (Å²) in [5.74, 6) is -1.28. The van der Waals surface area contributed by atoms with Crippen LogP contribution in [-0.2, 0) is 24.3 Å². The van der Waals surface area contributed by atoms with Gasteiger partial charge >= 0.3 is 0 Å². The molecule has 2 heterocycles. The van der Waals surface area contributed by atoms with Gasteiger partial charge in [-0.3, -0.25) is 14.5 Å². The van der Waals surface area contributed by atoms with Crippen molar-refractivity contribution in [3.8, 4) is 5.75 Å². The van der Waals surface area contributed by atoms with Crippen LogP contribution in [0.4, 0.5) is 15.8 Å². The Balaban J connectivity index is 1.59. The predicted octanol–water partition coefficient (Wildman–Crippen LogP) is 1.21. The summed E-state index contributed by atoms with van der Waals surface area (Å²) in [5.41, 5.74) is 0.426. The molecule has 164 valence electrons. The molecule has 2 aliphatic heterocycles. The normalized spacial score (nSPS) is 17.1. The second-order valence-electron chi connectivity index (χ2n) is 6.97. The molecule has 9 nitrogen and oxygen atoms in total. The van der Waals surface area contributed by atoms with Gasteiger partial charge in [-0.05, 0) is 36.4 Å².